The van der Waals surface area contributed by atoms with Gasteiger partial charge in [-0.1, -0.05) is 0 Å². The van der Waals surface area contributed by atoms with E-state index in [9.17, 15) is 4.79 Å². The second-order valence-electron chi connectivity index (χ2n) is 0.598. The number of carbonyl (C=O) groups is 1. The van der Waals surface area contributed by atoms with Gasteiger partial charge in [-0.05, 0) is 0 Å². The molecule has 0 bridgehead atoms. The molecular formula is C2H5BrNO2-. The summed E-state index contributed by atoms with van der Waals surface area (Å²) in [7, 11) is 0. The lowest BCUT2D eigenvalue weighted by atomic mass is 10.7. The maximum Gasteiger partial charge on any atom is 0.317 e. The van der Waals surface area contributed by atoms with Crippen molar-refractivity contribution in [2.45, 2.75) is 0 Å². The van der Waals surface area contributed by atoms with E-state index in [-0.39, 0.29) is 23.5 Å². The zero-order valence-corrected chi connectivity index (χ0v) is 4.60. The first-order valence-corrected chi connectivity index (χ1v) is 1.19. The van der Waals surface area contributed by atoms with Crippen LogP contribution in [0.25, 0.3) is 0 Å². The lowest BCUT2D eigenvalue weighted by Gasteiger charge is -1.73. The molecule has 3 nitrogen and oxygen atoms in total. The van der Waals surface area contributed by atoms with Crippen LogP contribution >= 0.6 is 0 Å². The second kappa shape index (κ2) is 4.91. The monoisotopic (exact) mass is 154 g/mol. The maximum absolute atomic E-state index is 9.24. The number of nitrogens with two attached hydrogens (primary N) is 1. The van der Waals surface area contributed by atoms with Gasteiger partial charge in [-0.2, -0.15) is 0 Å². The normalized spacial score (nSPS) is 6.17. The van der Waals surface area contributed by atoms with E-state index in [0.717, 1.165) is 0 Å². The molecule has 0 aromatic carbocycles. The first kappa shape index (κ1) is 9.32. The van der Waals surface area contributed by atoms with Gasteiger partial charge in [-0.3, -0.25) is 4.79 Å². The van der Waals surface area contributed by atoms with Crippen LogP contribution in [0.2, 0.25) is 0 Å². The van der Waals surface area contributed by atoms with Crippen LogP contribution in [-0.4, -0.2) is 17.6 Å². The minimum Gasteiger partial charge on any atom is -1.00 e. The van der Waals surface area contributed by atoms with Crippen molar-refractivity contribution in [2.75, 3.05) is 6.54 Å². The van der Waals surface area contributed by atoms with E-state index in [1.54, 1.807) is 0 Å². The molecule has 0 fully saturated rings. The fourth-order valence-corrected chi connectivity index (χ4v) is 0. The Labute approximate surface area is 45.9 Å². The van der Waals surface area contributed by atoms with Gasteiger partial charge < -0.3 is 27.8 Å². The average molecular weight is 155 g/mol. The maximum atomic E-state index is 9.24. The molecule has 0 amide bonds. The summed E-state index contributed by atoms with van der Waals surface area (Å²) in [5, 5.41) is 7.60. The number of rotatable bonds is 1. The molecule has 0 saturated carbocycles. The Morgan fingerprint density at radius 2 is 2.00 bits per heavy atom. The highest BCUT2D eigenvalue weighted by atomic mass is 79.9. The highest BCUT2D eigenvalue weighted by Gasteiger charge is 1.81. The predicted molar refractivity (Wildman–Crippen MR) is 16.7 cm³/mol. The Morgan fingerprint density at radius 1 is 1.83 bits per heavy atom. The topological polar surface area (TPSA) is 63.3 Å². The van der Waals surface area contributed by atoms with Gasteiger partial charge in [0.2, 0.25) is 0 Å². The first-order chi connectivity index (χ1) is 2.27. The van der Waals surface area contributed by atoms with Crippen molar-refractivity contribution in [1.29, 1.82) is 0 Å². The summed E-state index contributed by atoms with van der Waals surface area (Å²) in [5.41, 5.74) is 4.57. The van der Waals surface area contributed by atoms with Crippen LogP contribution < -0.4 is 22.7 Å². The standard InChI is InChI=1S/C2H5NO2.BrH/c3-1-2(4)5;/h1,3H2,(H,4,5);1H/p-1. The van der Waals surface area contributed by atoms with Crippen LogP contribution in [0.4, 0.5) is 0 Å². The van der Waals surface area contributed by atoms with Crippen molar-refractivity contribution in [3.05, 3.63) is 0 Å². The molecule has 0 spiro atoms. The number of aliphatic carboxylic acids is 1. The lowest BCUT2D eigenvalue weighted by Crippen LogP contribution is -3.00. The molecule has 6 heavy (non-hydrogen) atoms. The number of carboxylic acids is 1. The Kier molecular flexibility index (Phi) is 7.63. The number of hydrogen-bond donors (Lipinski definition) is 2. The SMILES string of the molecule is NCC(=O)O.[Br-]. The van der Waals surface area contributed by atoms with Gasteiger partial charge >= 0.3 is 5.97 Å². The molecule has 0 aliphatic heterocycles. The van der Waals surface area contributed by atoms with E-state index in [1.165, 1.54) is 0 Å². The third kappa shape index (κ3) is 9.08. The van der Waals surface area contributed by atoms with Gasteiger partial charge in [0.25, 0.3) is 0 Å². The first-order valence-electron chi connectivity index (χ1n) is 1.19. The molecular weight excluding hydrogens is 150 g/mol. The highest BCUT2D eigenvalue weighted by Crippen LogP contribution is 1.43. The van der Waals surface area contributed by atoms with E-state index < -0.39 is 5.97 Å². The van der Waals surface area contributed by atoms with Crippen molar-refractivity contribution in [2.24, 2.45) is 5.73 Å². The summed E-state index contributed by atoms with van der Waals surface area (Å²) >= 11 is 0. The van der Waals surface area contributed by atoms with Crippen molar-refractivity contribution in [3.8, 4) is 0 Å². The minimum absolute atomic E-state index is 0. The largest absolute Gasteiger partial charge is 1.00 e. The quantitative estimate of drug-likeness (QED) is 0.406. The third-order valence-corrected chi connectivity index (χ3v) is 0.175. The molecule has 0 aromatic rings. The molecule has 38 valence electrons. The van der Waals surface area contributed by atoms with E-state index in [1.807, 2.05) is 0 Å². The molecule has 0 heterocycles. The van der Waals surface area contributed by atoms with Crippen molar-refractivity contribution < 1.29 is 26.9 Å². The summed E-state index contributed by atoms with van der Waals surface area (Å²) in [5.74, 6) is -0.968. The van der Waals surface area contributed by atoms with Crippen molar-refractivity contribution in [1.82, 2.24) is 0 Å². The summed E-state index contributed by atoms with van der Waals surface area (Å²) in [6.45, 7) is -0.278. The van der Waals surface area contributed by atoms with Crippen LogP contribution in [0.1, 0.15) is 0 Å². The van der Waals surface area contributed by atoms with E-state index >= 15 is 0 Å². The Bertz CT molecular complexity index is 46.8. The van der Waals surface area contributed by atoms with Gasteiger partial charge in [0.1, 0.15) is 0 Å². The molecule has 0 unspecified atom stereocenters. The number of halogens is 1. The van der Waals surface area contributed by atoms with Crippen LogP contribution in [0.3, 0.4) is 0 Å². The van der Waals surface area contributed by atoms with Gasteiger partial charge in [0.15, 0.2) is 0 Å². The molecule has 4 heteroatoms. The van der Waals surface area contributed by atoms with Crippen molar-refractivity contribution in [3.63, 3.8) is 0 Å². The Morgan fingerprint density at radius 3 is 2.00 bits per heavy atom. The molecule has 0 rings (SSSR count). The summed E-state index contributed by atoms with van der Waals surface area (Å²) in [4.78, 5) is 9.24. The molecule has 0 radical (unpaired) electrons. The van der Waals surface area contributed by atoms with E-state index in [4.69, 9.17) is 5.11 Å². The van der Waals surface area contributed by atoms with Crippen LogP contribution in [0.5, 0.6) is 0 Å². The minimum atomic E-state index is -0.968. The fraction of sp³-hybridized carbons (Fsp3) is 0.500. The predicted octanol–water partition coefficient (Wildman–Crippen LogP) is -3.97. The smallest absolute Gasteiger partial charge is 0.317 e. The van der Waals surface area contributed by atoms with Gasteiger partial charge in [0, 0.05) is 0 Å². The molecule has 0 aliphatic rings. The Balaban J connectivity index is 0. The molecule has 0 atom stereocenters. The van der Waals surface area contributed by atoms with Crippen LogP contribution in [0.15, 0.2) is 0 Å². The molecule has 3 N–H and O–H groups in total. The second-order valence-corrected chi connectivity index (χ2v) is 0.598. The highest BCUT2D eigenvalue weighted by molar-refractivity contribution is 5.68. The Hall–Kier alpha value is -0.0900. The summed E-state index contributed by atoms with van der Waals surface area (Å²) < 4.78 is 0. The number of hydrogen-bond acceptors (Lipinski definition) is 2. The van der Waals surface area contributed by atoms with Crippen LogP contribution in [-0.2, 0) is 4.79 Å². The fourth-order valence-electron chi connectivity index (χ4n) is 0. The average Bonchev–Trinajstić information content (AvgIpc) is 1.38. The summed E-state index contributed by atoms with van der Waals surface area (Å²) in [6.07, 6.45) is 0. The van der Waals surface area contributed by atoms with Gasteiger partial charge in [-0.25, -0.2) is 0 Å². The van der Waals surface area contributed by atoms with Gasteiger partial charge in [0.05, 0.1) is 6.54 Å². The zero-order valence-electron chi connectivity index (χ0n) is 3.02. The van der Waals surface area contributed by atoms with E-state index in [2.05, 4.69) is 5.73 Å². The van der Waals surface area contributed by atoms with Crippen molar-refractivity contribution >= 4 is 5.97 Å². The number of carboxylic acid groups (broad SMARTS) is 1. The zero-order chi connectivity index (χ0) is 4.28. The van der Waals surface area contributed by atoms with Gasteiger partial charge in [-0.15, -0.1) is 0 Å². The van der Waals surface area contributed by atoms with E-state index in [0.29, 0.717) is 0 Å². The van der Waals surface area contributed by atoms with Crippen LogP contribution in [0, 0.1) is 0 Å². The third-order valence-electron chi connectivity index (χ3n) is 0.175. The molecule has 0 saturated heterocycles. The molecule has 0 aliphatic carbocycles. The lowest BCUT2D eigenvalue weighted by molar-refractivity contribution is -0.135. The molecule has 0 aromatic heterocycles. The summed E-state index contributed by atoms with van der Waals surface area (Å²) in [6, 6.07) is 0.